The maximum Gasteiger partial charge on any atom is 0.253 e. The average molecular weight is 396 g/mol. The molecule has 0 aliphatic carbocycles. The van der Waals surface area contributed by atoms with Gasteiger partial charge in [0.25, 0.3) is 5.91 Å². The Balaban J connectivity index is 1.55. The first-order chi connectivity index (χ1) is 14.0. The van der Waals surface area contributed by atoms with Crippen LogP contribution in [0, 0.1) is 5.82 Å². The first kappa shape index (κ1) is 19.4. The molecule has 0 saturated carbocycles. The number of nitrogens with zero attached hydrogens (tertiary/aromatic N) is 2. The van der Waals surface area contributed by atoms with Gasteiger partial charge in [-0.3, -0.25) is 9.59 Å². The lowest BCUT2D eigenvalue weighted by molar-refractivity contribution is -0.133. The quantitative estimate of drug-likeness (QED) is 0.799. The van der Waals surface area contributed by atoms with Crippen molar-refractivity contribution in [2.45, 2.75) is 38.8 Å². The van der Waals surface area contributed by atoms with Gasteiger partial charge < -0.3 is 14.5 Å². The monoisotopic (exact) mass is 396 g/mol. The van der Waals surface area contributed by atoms with Gasteiger partial charge in [-0.1, -0.05) is 18.2 Å². The van der Waals surface area contributed by atoms with E-state index in [2.05, 4.69) is 0 Å². The number of carbonyl (C=O) groups excluding carboxylic acids is 2. The second kappa shape index (κ2) is 8.23. The largest absolute Gasteiger partial charge is 0.491 e. The highest BCUT2D eigenvalue weighted by Crippen LogP contribution is 2.28. The van der Waals surface area contributed by atoms with Crippen LogP contribution in [0.5, 0.6) is 5.75 Å². The minimum Gasteiger partial charge on any atom is -0.491 e. The summed E-state index contributed by atoms with van der Waals surface area (Å²) in [6.45, 7) is 4.19. The van der Waals surface area contributed by atoms with Crippen LogP contribution in [0.15, 0.2) is 42.5 Å². The van der Waals surface area contributed by atoms with Crippen molar-refractivity contribution in [3.8, 4) is 5.75 Å². The molecule has 0 radical (unpaired) electrons. The predicted molar refractivity (Wildman–Crippen MR) is 107 cm³/mol. The number of ether oxygens (including phenoxy) is 1. The number of hydrogen-bond donors (Lipinski definition) is 0. The van der Waals surface area contributed by atoms with Crippen LogP contribution in [0.4, 0.5) is 4.39 Å². The van der Waals surface area contributed by atoms with E-state index >= 15 is 0 Å². The van der Waals surface area contributed by atoms with Crippen molar-refractivity contribution in [3.05, 3.63) is 65.0 Å². The van der Waals surface area contributed by atoms with Crippen molar-refractivity contribution < 1.29 is 18.7 Å². The van der Waals surface area contributed by atoms with Crippen molar-refractivity contribution in [2.24, 2.45) is 0 Å². The van der Waals surface area contributed by atoms with Crippen molar-refractivity contribution in [1.82, 2.24) is 9.80 Å². The molecule has 5 nitrogen and oxygen atoms in total. The molecule has 6 heteroatoms. The molecular formula is C23H25FN2O3. The Morgan fingerprint density at radius 3 is 2.66 bits per heavy atom. The lowest BCUT2D eigenvalue weighted by atomic mass is 10.1. The number of amides is 2. The molecule has 0 bridgehead atoms. The van der Waals surface area contributed by atoms with Gasteiger partial charge in [0.05, 0.1) is 12.5 Å². The summed E-state index contributed by atoms with van der Waals surface area (Å²) in [5.41, 5.74) is 1.81. The Morgan fingerprint density at radius 1 is 1.14 bits per heavy atom. The molecule has 0 spiro atoms. The first-order valence-corrected chi connectivity index (χ1v) is 10.1. The molecule has 2 aromatic rings. The molecule has 2 heterocycles. The molecule has 1 fully saturated rings. The van der Waals surface area contributed by atoms with Gasteiger partial charge in [0.1, 0.15) is 18.2 Å². The smallest absolute Gasteiger partial charge is 0.253 e. The maximum atomic E-state index is 14.0. The zero-order chi connectivity index (χ0) is 20.4. The zero-order valence-electron chi connectivity index (χ0n) is 16.6. The SMILES string of the molecule is C[C@H]1COc2ccc(C(=O)N3CCCC3)cc2CN1C(=O)Cc1ccccc1F. The fourth-order valence-electron chi connectivity index (χ4n) is 3.96. The highest BCUT2D eigenvalue weighted by molar-refractivity contribution is 5.94. The molecule has 0 aromatic heterocycles. The van der Waals surface area contributed by atoms with Crippen LogP contribution >= 0.6 is 0 Å². The van der Waals surface area contributed by atoms with Gasteiger partial charge in [0.15, 0.2) is 0 Å². The number of carbonyl (C=O) groups is 2. The van der Waals surface area contributed by atoms with Crippen LogP contribution in [0.3, 0.4) is 0 Å². The van der Waals surface area contributed by atoms with Gasteiger partial charge in [0.2, 0.25) is 5.91 Å². The van der Waals surface area contributed by atoms with E-state index in [1.165, 1.54) is 6.07 Å². The fourth-order valence-corrected chi connectivity index (χ4v) is 3.96. The van der Waals surface area contributed by atoms with Gasteiger partial charge >= 0.3 is 0 Å². The van der Waals surface area contributed by atoms with Gasteiger partial charge in [-0.05, 0) is 49.6 Å². The van der Waals surface area contributed by atoms with Crippen molar-refractivity contribution in [3.63, 3.8) is 0 Å². The summed E-state index contributed by atoms with van der Waals surface area (Å²) in [5.74, 6) is 0.177. The van der Waals surface area contributed by atoms with Crippen LogP contribution in [0.2, 0.25) is 0 Å². The van der Waals surface area contributed by atoms with Crippen molar-refractivity contribution in [2.75, 3.05) is 19.7 Å². The highest BCUT2D eigenvalue weighted by atomic mass is 19.1. The van der Waals surface area contributed by atoms with E-state index in [4.69, 9.17) is 4.74 Å². The molecule has 4 rings (SSSR count). The second-order valence-corrected chi connectivity index (χ2v) is 7.77. The van der Waals surface area contributed by atoms with Crippen molar-refractivity contribution in [1.29, 1.82) is 0 Å². The average Bonchev–Trinajstić information content (AvgIpc) is 3.21. The number of likely N-dealkylation sites (tertiary alicyclic amines) is 1. The predicted octanol–water partition coefficient (Wildman–Crippen LogP) is 3.41. The molecule has 1 atom stereocenters. The lowest BCUT2D eigenvalue weighted by Crippen LogP contribution is -2.40. The normalized spacial score (nSPS) is 18.8. The van der Waals surface area contributed by atoms with Crippen molar-refractivity contribution >= 4 is 11.8 Å². The Labute approximate surface area is 170 Å². The molecule has 0 unspecified atom stereocenters. The minimum atomic E-state index is -0.376. The molecule has 0 N–H and O–H groups in total. The highest BCUT2D eigenvalue weighted by Gasteiger charge is 2.28. The molecule has 1 saturated heterocycles. The van der Waals surface area contributed by atoms with E-state index in [-0.39, 0.29) is 30.1 Å². The van der Waals surface area contributed by atoms with E-state index in [0.29, 0.717) is 30.0 Å². The number of rotatable bonds is 3. The molecule has 29 heavy (non-hydrogen) atoms. The summed E-state index contributed by atoms with van der Waals surface area (Å²) in [6, 6.07) is 11.6. The third-order valence-corrected chi connectivity index (χ3v) is 5.67. The zero-order valence-corrected chi connectivity index (χ0v) is 16.6. The number of hydrogen-bond acceptors (Lipinski definition) is 3. The molecule has 2 aromatic carbocycles. The van der Waals surface area contributed by atoms with Crippen LogP contribution in [-0.2, 0) is 17.8 Å². The summed E-state index contributed by atoms with van der Waals surface area (Å²) < 4.78 is 19.9. The Kier molecular flexibility index (Phi) is 5.51. The number of fused-ring (bicyclic) bond motifs is 1. The molecule has 2 aliphatic rings. The van der Waals surface area contributed by atoms with E-state index < -0.39 is 0 Å². The molecule has 2 amide bonds. The topological polar surface area (TPSA) is 49.9 Å². The summed E-state index contributed by atoms with van der Waals surface area (Å²) in [4.78, 5) is 29.3. The standard InChI is InChI=1S/C23H25FN2O3/c1-16-15-29-21-9-8-18(23(28)25-10-4-5-11-25)12-19(21)14-26(16)22(27)13-17-6-2-3-7-20(17)24/h2-3,6-9,12,16H,4-5,10-11,13-15H2,1H3/t16-/m0/s1. The fraction of sp³-hybridized carbons (Fsp3) is 0.391. The van der Waals surface area contributed by atoms with E-state index in [1.807, 2.05) is 24.0 Å². The summed E-state index contributed by atoms with van der Waals surface area (Å²) in [5, 5.41) is 0. The summed E-state index contributed by atoms with van der Waals surface area (Å²) in [7, 11) is 0. The van der Waals surface area contributed by atoms with Gasteiger partial charge in [-0.25, -0.2) is 4.39 Å². The van der Waals surface area contributed by atoms with Gasteiger partial charge in [-0.15, -0.1) is 0 Å². The van der Waals surface area contributed by atoms with E-state index in [1.54, 1.807) is 29.2 Å². The Bertz CT molecular complexity index is 924. The molecular weight excluding hydrogens is 371 g/mol. The number of benzene rings is 2. The third-order valence-electron chi connectivity index (χ3n) is 5.67. The second-order valence-electron chi connectivity index (χ2n) is 7.77. The van der Waals surface area contributed by atoms with E-state index in [0.717, 1.165) is 31.5 Å². The Hall–Kier alpha value is -2.89. The molecule has 2 aliphatic heterocycles. The van der Waals surface area contributed by atoms with E-state index in [9.17, 15) is 14.0 Å². The van der Waals surface area contributed by atoms with Gasteiger partial charge in [-0.2, -0.15) is 0 Å². The van der Waals surface area contributed by atoms with Gasteiger partial charge in [0, 0.05) is 30.8 Å². The third kappa shape index (κ3) is 4.11. The van der Waals surface area contributed by atoms with Crippen LogP contribution < -0.4 is 4.74 Å². The Morgan fingerprint density at radius 2 is 1.90 bits per heavy atom. The van der Waals surface area contributed by atoms with Crippen LogP contribution in [0.25, 0.3) is 0 Å². The number of halogens is 1. The first-order valence-electron chi connectivity index (χ1n) is 10.1. The minimum absolute atomic E-state index is 0.00124. The summed E-state index contributed by atoms with van der Waals surface area (Å²) >= 11 is 0. The summed E-state index contributed by atoms with van der Waals surface area (Å²) in [6.07, 6.45) is 2.07. The van der Waals surface area contributed by atoms with Crippen LogP contribution in [-0.4, -0.2) is 47.4 Å². The maximum absolute atomic E-state index is 14.0. The van der Waals surface area contributed by atoms with Crippen LogP contribution in [0.1, 0.15) is 41.3 Å². The molecule has 152 valence electrons. The lowest BCUT2D eigenvalue weighted by Gasteiger charge is -2.26.